The zero-order valence-electron chi connectivity index (χ0n) is 11.2. The van der Waals surface area contributed by atoms with Gasteiger partial charge >= 0.3 is 0 Å². The highest BCUT2D eigenvalue weighted by Gasteiger charge is 2.19. The molecule has 0 aliphatic carbocycles. The maximum atomic E-state index is 5.98. The molecule has 0 saturated carbocycles. The van der Waals surface area contributed by atoms with Crippen LogP contribution < -0.4 is 5.73 Å². The number of hydrogen-bond donors (Lipinski definition) is 1. The molecule has 0 bridgehead atoms. The van der Waals surface area contributed by atoms with Crippen molar-refractivity contribution in [3.63, 3.8) is 0 Å². The second-order valence-electron chi connectivity index (χ2n) is 5.83. The van der Waals surface area contributed by atoms with Crippen LogP contribution in [0.15, 0.2) is 0 Å². The molecule has 0 spiro atoms. The third-order valence-electron chi connectivity index (χ3n) is 3.40. The third-order valence-corrected chi connectivity index (χ3v) is 3.40. The molecule has 0 aromatic heterocycles. The number of ether oxygens (including phenoxy) is 1. The van der Waals surface area contributed by atoms with E-state index in [-0.39, 0.29) is 5.54 Å². The Bertz CT molecular complexity index is 181. The Balaban J connectivity index is 2.08. The molecule has 0 aromatic rings. The Morgan fingerprint density at radius 3 is 2.44 bits per heavy atom. The number of piperidine rings is 1. The lowest BCUT2D eigenvalue weighted by Gasteiger charge is -2.32. The van der Waals surface area contributed by atoms with E-state index in [1.165, 1.54) is 38.9 Å². The van der Waals surface area contributed by atoms with Crippen molar-refractivity contribution in [1.29, 1.82) is 0 Å². The number of methoxy groups -OCH3 is 1. The topological polar surface area (TPSA) is 38.5 Å². The standard InChI is InChI=1S/C13H28N2O/c1-13(2,14)7-4-8-15-9-5-12(6-10-15)11-16-3/h12H,4-11,14H2,1-3H3. The fraction of sp³-hybridized carbons (Fsp3) is 1.00. The highest BCUT2D eigenvalue weighted by molar-refractivity contribution is 4.75. The van der Waals surface area contributed by atoms with Crippen molar-refractivity contribution in [3.05, 3.63) is 0 Å². The maximum Gasteiger partial charge on any atom is 0.0491 e. The fourth-order valence-electron chi connectivity index (χ4n) is 2.37. The minimum Gasteiger partial charge on any atom is -0.384 e. The molecule has 0 amide bonds. The van der Waals surface area contributed by atoms with Crippen molar-refractivity contribution in [2.24, 2.45) is 11.7 Å². The van der Waals surface area contributed by atoms with Gasteiger partial charge in [0, 0.05) is 19.3 Å². The quantitative estimate of drug-likeness (QED) is 0.754. The highest BCUT2D eigenvalue weighted by Crippen LogP contribution is 2.18. The van der Waals surface area contributed by atoms with Gasteiger partial charge in [0.15, 0.2) is 0 Å². The third kappa shape index (κ3) is 5.83. The van der Waals surface area contributed by atoms with Crippen LogP contribution in [0.2, 0.25) is 0 Å². The largest absolute Gasteiger partial charge is 0.384 e. The van der Waals surface area contributed by atoms with E-state index < -0.39 is 0 Å². The molecule has 16 heavy (non-hydrogen) atoms. The monoisotopic (exact) mass is 228 g/mol. The van der Waals surface area contributed by atoms with Crippen LogP contribution in [-0.2, 0) is 4.74 Å². The van der Waals surface area contributed by atoms with Gasteiger partial charge in [-0.3, -0.25) is 0 Å². The molecule has 2 N–H and O–H groups in total. The fourth-order valence-corrected chi connectivity index (χ4v) is 2.37. The van der Waals surface area contributed by atoms with Gasteiger partial charge in [-0.2, -0.15) is 0 Å². The zero-order chi connectivity index (χ0) is 12.0. The SMILES string of the molecule is COCC1CCN(CCCC(C)(C)N)CC1. The summed E-state index contributed by atoms with van der Waals surface area (Å²) in [6.45, 7) is 8.83. The predicted molar refractivity (Wildman–Crippen MR) is 68.5 cm³/mol. The first-order valence-corrected chi connectivity index (χ1v) is 6.51. The summed E-state index contributed by atoms with van der Waals surface area (Å²) in [4.78, 5) is 2.57. The highest BCUT2D eigenvalue weighted by atomic mass is 16.5. The van der Waals surface area contributed by atoms with Crippen LogP contribution in [-0.4, -0.2) is 43.8 Å². The summed E-state index contributed by atoms with van der Waals surface area (Å²) >= 11 is 0. The molecule has 96 valence electrons. The Hall–Kier alpha value is -0.120. The molecule has 1 aliphatic heterocycles. The summed E-state index contributed by atoms with van der Waals surface area (Å²) in [5.74, 6) is 0.784. The molecule has 0 atom stereocenters. The number of nitrogens with two attached hydrogens (primary N) is 1. The minimum atomic E-state index is -0.00558. The molecular weight excluding hydrogens is 200 g/mol. The molecule has 1 saturated heterocycles. The van der Waals surface area contributed by atoms with Gasteiger partial charge in [-0.05, 0) is 65.1 Å². The molecule has 1 fully saturated rings. The zero-order valence-corrected chi connectivity index (χ0v) is 11.2. The normalized spacial score (nSPS) is 20.2. The summed E-state index contributed by atoms with van der Waals surface area (Å²) in [6, 6.07) is 0. The first-order valence-electron chi connectivity index (χ1n) is 6.51. The molecule has 0 aromatic carbocycles. The Labute approximate surface area is 100 Å². The first kappa shape index (κ1) is 13.9. The van der Waals surface area contributed by atoms with Crippen LogP contribution in [0.5, 0.6) is 0 Å². The van der Waals surface area contributed by atoms with E-state index in [1.54, 1.807) is 7.11 Å². The van der Waals surface area contributed by atoms with Crippen LogP contribution in [0.1, 0.15) is 39.5 Å². The van der Waals surface area contributed by atoms with Crippen LogP contribution in [0.4, 0.5) is 0 Å². The predicted octanol–water partition coefficient (Wildman–Crippen LogP) is 1.86. The van der Waals surface area contributed by atoms with Crippen molar-refractivity contribution in [3.8, 4) is 0 Å². The molecule has 0 unspecified atom stereocenters. The average molecular weight is 228 g/mol. The van der Waals surface area contributed by atoms with E-state index in [9.17, 15) is 0 Å². The molecule has 0 radical (unpaired) electrons. The van der Waals surface area contributed by atoms with E-state index in [2.05, 4.69) is 18.7 Å². The lowest BCUT2D eigenvalue weighted by molar-refractivity contribution is 0.0982. The summed E-state index contributed by atoms with van der Waals surface area (Å²) in [5.41, 5.74) is 5.97. The molecule has 1 aliphatic rings. The van der Waals surface area contributed by atoms with E-state index in [0.717, 1.165) is 18.9 Å². The molecular formula is C13H28N2O. The van der Waals surface area contributed by atoms with Gasteiger partial charge in [-0.25, -0.2) is 0 Å². The van der Waals surface area contributed by atoms with Crippen molar-refractivity contribution in [1.82, 2.24) is 4.90 Å². The van der Waals surface area contributed by atoms with Crippen LogP contribution in [0, 0.1) is 5.92 Å². The second-order valence-corrected chi connectivity index (χ2v) is 5.83. The number of hydrogen-bond acceptors (Lipinski definition) is 3. The van der Waals surface area contributed by atoms with Crippen molar-refractivity contribution >= 4 is 0 Å². The molecule has 1 heterocycles. The van der Waals surface area contributed by atoms with Gasteiger partial charge in [-0.1, -0.05) is 0 Å². The summed E-state index contributed by atoms with van der Waals surface area (Å²) in [7, 11) is 1.80. The Kier molecular flexibility index (Phi) is 5.73. The average Bonchev–Trinajstić information content (AvgIpc) is 2.19. The summed E-state index contributed by atoms with van der Waals surface area (Å²) < 4.78 is 5.21. The smallest absolute Gasteiger partial charge is 0.0491 e. The Morgan fingerprint density at radius 2 is 1.94 bits per heavy atom. The van der Waals surface area contributed by atoms with Crippen LogP contribution in [0.25, 0.3) is 0 Å². The first-order chi connectivity index (χ1) is 7.51. The summed E-state index contributed by atoms with van der Waals surface area (Å²) in [6.07, 6.45) is 4.92. The molecule has 3 heteroatoms. The van der Waals surface area contributed by atoms with Gasteiger partial charge in [0.25, 0.3) is 0 Å². The van der Waals surface area contributed by atoms with Gasteiger partial charge in [0.1, 0.15) is 0 Å². The minimum absolute atomic E-state index is 0.00558. The summed E-state index contributed by atoms with van der Waals surface area (Å²) in [5, 5.41) is 0. The van der Waals surface area contributed by atoms with Crippen molar-refractivity contribution in [2.75, 3.05) is 33.4 Å². The van der Waals surface area contributed by atoms with Gasteiger partial charge < -0.3 is 15.4 Å². The van der Waals surface area contributed by atoms with Gasteiger partial charge in [-0.15, -0.1) is 0 Å². The van der Waals surface area contributed by atoms with Gasteiger partial charge in [0.05, 0.1) is 0 Å². The van der Waals surface area contributed by atoms with Crippen molar-refractivity contribution < 1.29 is 4.74 Å². The van der Waals surface area contributed by atoms with E-state index in [4.69, 9.17) is 10.5 Å². The maximum absolute atomic E-state index is 5.98. The lowest BCUT2D eigenvalue weighted by Crippen LogP contribution is -2.37. The van der Waals surface area contributed by atoms with Crippen LogP contribution in [0.3, 0.4) is 0 Å². The van der Waals surface area contributed by atoms with Crippen molar-refractivity contribution in [2.45, 2.75) is 45.1 Å². The van der Waals surface area contributed by atoms with E-state index >= 15 is 0 Å². The van der Waals surface area contributed by atoms with Gasteiger partial charge in [0.2, 0.25) is 0 Å². The Morgan fingerprint density at radius 1 is 1.31 bits per heavy atom. The number of likely N-dealkylation sites (tertiary alicyclic amines) is 1. The number of rotatable bonds is 6. The molecule has 3 nitrogen and oxygen atoms in total. The lowest BCUT2D eigenvalue weighted by atomic mass is 9.96. The van der Waals surface area contributed by atoms with Crippen LogP contribution >= 0.6 is 0 Å². The molecule has 1 rings (SSSR count). The second kappa shape index (κ2) is 6.58. The van der Waals surface area contributed by atoms with E-state index in [1.807, 2.05) is 0 Å². The number of nitrogens with zero attached hydrogens (tertiary/aromatic N) is 1. The van der Waals surface area contributed by atoms with E-state index in [0.29, 0.717) is 0 Å².